The van der Waals surface area contributed by atoms with Gasteiger partial charge in [-0.05, 0) is 29.8 Å². The van der Waals surface area contributed by atoms with Crippen LogP contribution in [0.3, 0.4) is 0 Å². The van der Waals surface area contributed by atoms with E-state index in [0.29, 0.717) is 29.4 Å². The summed E-state index contributed by atoms with van der Waals surface area (Å²) in [6.07, 6.45) is 0.615. The summed E-state index contributed by atoms with van der Waals surface area (Å²) in [6, 6.07) is 8.13. The summed E-state index contributed by atoms with van der Waals surface area (Å²) in [4.78, 5) is 33.1. The van der Waals surface area contributed by atoms with Gasteiger partial charge < -0.3 is 15.4 Å². The van der Waals surface area contributed by atoms with Gasteiger partial charge in [0.25, 0.3) is 0 Å². The fraction of sp³-hybridized carbons (Fsp3) is 0.333. The minimum absolute atomic E-state index is 0.208. The molecule has 3 heterocycles. The molecule has 0 radical (unpaired) electrons. The monoisotopic (exact) mass is 441 g/mol. The molecule has 2 aliphatic heterocycles. The Balaban J connectivity index is 1.37. The van der Waals surface area contributed by atoms with Crippen LogP contribution < -0.4 is 26.4 Å². The van der Waals surface area contributed by atoms with Gasteiger partial charge in [-0.2, -0.15) is 0 Å². The van der Waals surface area contributed by atoms with Crippen LogP contribution in [0.25, 0.3) is 11.3 Å². The molecule has 4 N–H and O–H groups in total. The standard InChI is InChI=1S/C21H24FN7O3/c1-13(30)25-11-16-12-29(21(31)32-16)15-3-4-17(18(22)8-15)19-5-2-14(9-26-19)10-27-28-20-23-6-7-24-20/h2-5,8-9,16,27H,6-7,10-12H2,1H3,(H,25,30)(H2,23,24,28). The molecule has 2 amide bonds. The van der Waals surface area contributed by atoms with Gasteiger partial charge in [0.05, 0.1) is 31.0 Å². The fourth-order valence-electron chi connectivity index (χ4n) is 3.38. The number of cyclic esters (lactones) is 1. The van der Waals surface area contributed by atoms with Crippen molar-refractivity contribution in [1.82, 2.24) is 26.5 Å². The van der Waals surface area contributed by atoms with Gasteiger partial charge in [-0.1, -0.05) is 6.07 Å². The van der Waals surface area contributed by atoms with Crippen molar-refractivity contribution < 1.29 is 18.7 Å². The summed E-state index contributed by atoms with van der Waals surface area (Å²) in [5.74, 6) is 0.00622. The first-order chi connectivity index (χ1) is 15.5. The van der Waals surface area contributed by atoms with Crippen molar-refractivity contribution in [1.29, 1.82) is 0 Å². The summed E-state index contributed by atoms with van der Waals surface area (Å²) < 4.78 is 20.1. The number of benzene rings is 1. The third-order valence-electron chi connectivity index (χ3n) is 4.99. The zero-order valence-corrected chi connectivity index (χ0v) is 17.5. The fourth-order valence-corrected chi connectivity index (χ4v) is 3.38. The zero-order chi connectivity index (χ0) is 22.5. The second-order valence-electron chi connectivity index (χ2n) is 7.40. The maximum Gasteiger partial charge on any atom is 0.414 e. The molecule has 11 heteroatoms. The average molecular weight is 441 g/mol. The number of pyridine rings is 1. The van der Waals surface area contributed by atoms with Gasteiger partial charge in [0.15, 0.2) is 0 Å². The predicted octanol–water partition coefficient (Wildman–Crippen LogP) is 0.902. The van der Waals surface area contributed by atoms with Crippen molar-refractivity contribution in [3.8, 4) is 11.3 Å². The lowest BCUT2D eigenvalue weighted by molar-refractivity contribution is -0.119. The van der Waals surface area contributed by atoms with Crippen molar-refractivity contribution >= 4 is 23.6 Å². The van der Waals surface area contributed by atoms with Crippen LogP contribution >= 0.6 is 0 Å². The van der Waals surface area contributed by atoms with Gasteiger partial charge >= 0.3 is 6.09 Å². The van der Waals surface area contributed by atoms with E-state index in [1.165, 1.54) is 17.9 Å². The summed E-state index contributed by atoms with van der Waals surface area (Å²) in [5, 5.41) is 5.70. The lowest BCUT2D eigenvalue weighted by Crippen LogP contribution is -2.42. The van der Waals surface area contributed by atoms with Gasteiger partial charge in [-0.3, -0.25) is 25.1 Å². The molecule has 1 atom stereocenters. The van der Waals surface area contributed by atoms with Crippen LogP contribution in [0.1, 0.15) is 12.5 Å². The number of nitrogens with zero attached hydrogens (tertiary/aromatic N) is 3. The van der Waals surface area contributed by atoms with Crippen LogP contribution in [-0.4, -0.2) is 55.2 Å². The maximum atomic E-state index is 14.8. The van der Waals surface area contributed by atoms with Crippen LogP contribution in [0, 0.1) is 5.82 Å². The SMILES string of the molecule is CC(=O)NCC1CN(c2ccc(-c3ccc(CNNC4=NCCN4)cn3)c(F)c2)C(=O)O1. The van der Waals surface area contributed by atoms with Crippen molar-refractivity contribution in [3.63, 3.8) is 0 Å². The Kier molecular flexibility index (Phi) is 6.45. The average Bonchev–Trinajstić information content (AvgIpc) is 3.42. The molecule has 1 fully saturated rings. The Bertz CT molecular complexity index is 1030. The Labute approximate surface area is 184 Å². The van der Waals surface area contributed by atoms with Gasteiger partial charge in [-0.25, -0.2) is 14.6 Å². The molecule has 2 aliphatic rings. The highest BCUT2D eigenvalue weighted by Gasteiger charge is 2.32. The number of nitrogens with one attached hydrogen (secondary N) is 4. The number of halogens is 1. The second-order valence-corrected chi connectivity index (χ2v) is 7.40. The van der Waals surface area contributed by atoms with E-state index < -0.39 is 18.0 Å². The van der Waals surface area contributed by atoms with E-state index in [2.05, 4.69) is 31.5 Å². The van der Waals surface area contributed by atoms with Gasteiger partial charge in [0.1, 0.15) is 11.9 Å². The number of anilines is 1. The summed E-state index contributed by atoms with van der Waals surface area (Å²) >= 11 is 0. The molecule has 10 nitrogen and oxygen atoms in total. The molecule has 0 aliphatic carbocycles. The molecule has 1 aromatic carbocycles. The number of aliphatic imine (C=N–C) groups is 1. The minimum Gasteiger partial charge on any atom is -0.442 e. The van der Waals surface area contributed by atoms with E-state index in [9.17, 15) is 14.0 Å². The highest BCUT2D eigenvalue weighted by Crippen LogP contribution is 2.28. The van der Waals surface area contributed by atoms with E-state index in [1.807, 2.05) is 6.07 Å². The number of carbonyl (C=O) groups excluding carboxylic acids is 2. The Morgan fingerprint density at radius 1 is 1.34 bits per heavy atom. The Hall–Kier alpha value is -3.73. The normalized spacial score (nSPS) is 17.6. The first-order valence-corrected chi connectivity index (χ1v) is 10.2. The number of hydrogen-bond acceptors (Lipinski definition) is 8. The molecular weight excluding hydrogens is 417 g/mol. The summed E-state index contributed by atoms with van der Waals surface area (Å²) in [6.45, 7) is 3.92. The van der Waals surface area contributed by atoms with E-state index in [-0.39, 0.29) is 19.0 Å². The number of hydrogen-bond donors (Lipinski definition) is 4. The van der Waals surface area contributed by atoms with Crippen molar-refractivity contribution in [3.05, 3.63) is 47.9 Å². The quantitative estimate of drug-likeness (QED) is 0.471. The lowest BCUT2D eigenvalue weighted by Gasteiger charge is -2.14. The first-order valence-electron chi connectivity index (χ1n) is 10.2. The lowest BCUT2D eigenvalue weighted by atomic mass is 10.1. The summed E-state index contributed by atoms with van der Waals surface area (Å²) in [5.41, 5.74) is 8.14. The largest absolute Gasteiger partial charge is 0.442 e. The number of carbonyl (C=O) groups is 2. The Morgan fingerprint density at radius 2 is 2.22 bits per heavy atom. The number of rotatable bonds is 7. The zero-order valence-electron chi connectivity index (χ0n) is 17.5. The van der Waals surface area contributed by atoms with E-state index in [4.69, 9.17) is 4.74 Å². The predicted molar refractivity (Wildman–Crippen MR) is 116 cm³/mol. The van der Waals surface area contributed by atoms with E-state index in [1.54, 1.807) is 24.4 Å². The first kappa shape index (κ1) is 21.5. The third kappa shape index (κ3) is 5.11. The third-order valence-corrected chi connectivity index (χ3v) is 4.99. The molecule has 1 unspecified atom stereocenters. The van der Waals surface area contributed by atoms with Crippen molar-refractivity contribution in [2.45, 2.75) is 19.6 Å². The molecule has 2 aromatic rings. The Morgan fingerprint density at radius 3 is 2.91 bits per heavy atom. The molecule has 168 valence electrons. The molecular formula is C21H24FN7O3. The van der Waals surface area contributed by atoms with Gasteiger partial charge in [0, 0.05) is 31.8 Å². The number of amides is 2. The molecule has 0 saturated carbocycles. The highest BCUT2D eigenvalue weighted by molar-refractivity contribution is 5.90. The van der Waals surface area contributed by atoms with E-state index >= 15 is 0 Å². The number of hydrazine groups is 1. The molecule has 0 bridgehead atoms. The molecule has 1 aromatic heterocycles. The van der Waals surface area contributed by atoms with Crippen LogP contribution in [0.4, 0.5) is 14.9 Å². The number of ether oxygens (including phenoxy) is 1. The van der Waals surface area contributed by atoms with Crippen LogP contribution in [0.5, 0.6) is 0 Å². The smallest absolute Gasteiger partial charge is 0.414 e. The molecule has 0 spiro atoms. The van der Waals surface area contributed by atoms with Crippen LogP contribution in [0.2, 0.25) is 0 Å². The number of guanidine groups is 1. The molecule has 32 heavy (non-hydrogen) atoms. The van der Waals surface area contributed by atoms with Crippen LogP contribution in [-0.2, 0) is 16.1 Å². The second kappa shape index (κ2) is 9.60. The van der Waals surface area contributed by atoms with Gasteiger partial charge in [0.2, 0.25) is 11.9 Å². The van der Waals surface area contributed by atoms with Gasteiger partial charge in [-0.15, -0.1) is 0 Å². The molecule has 4 rings (SSSR count). The van der Waals surface area contributed by atoms with E-state index in [0.717, 1.165) is 18.7 Å². The maximum absolute atomic E-state index is 14.8. The molecule has 1 saturated heterocycles. The van der Waals surface area contributed by atoms with Crippen LogP contribution in [0.15, 0.2) is 41.5 Å². The van der Waals surface area contributed by atoms with Crippen molar-refractivity contribution in [2.24, 2.45) is 4.99 Å². The number of aromatic nitrogens is 1. The summed E-state index contributed by atoms with van der Waals surface area (Å²) in [7, 11) is 0. The minimum atomic E-state index is -0.574. The highest BCUT2D eigenvalue weighted by atomic mass is 19.1. The van der Waals surface area contributed by atoms with Crippen molar-refractivity contribution in [2.75, 3.05) is 31.1 Å². The topological polar surface area (TPSA) is 120 Å².